The summed E-state index contributed by atoms with van der Waals surface area (Å²) in [5.41, 5.74) is 0.789. The first-order valence-electron chi connectivity index (χ1n) is 5.84. The fraction of sp³-hybridized carbons (Fsp3) is 0.125. The van der Waals surface area contributed by atoms with Crippen LogP contribution in [0.2, 0.25) is 0 Å². The average Bonchev–Trinajstić information content (AvgIpc) is 2.48. The third-order valence-electron chi connectivity index (χ3n) is 2.54. The standard InChI is InChI=1S/C16H14O2Se/c1-18-14-9-7-13(8-10-14)16(17)11-12-19-15-5-3-2-4-6-15/h2-10,16-17H,1H3. The van der Waals surface area contributed by atoms with Crippen LogP contribution in [0.25, 0.3) is 0 Å². The molecule has 0 aliphatic carbocycles. The van der Waals surface area contributed by atoms with E-state index >= 15 is 0 Å². The summed E-state index contributed by atoms with van der Waals surface area (Å²) < 4.78 is 6.29. The van der Waals surface area contributed by atoms with Gasteiger partial charge in [-0.15, -0.1) is 0 Å². The zero-order valence-electron chi connectivity index (χ0n) is 10.5. The van der Waals surface area contributed by atoms with Gasteiger partial charge in [0.15, 0.2) is 0 Å². The molecule has 0 heterocycles. The second kappa shape index (κ2) is 7.01. The Morgan fingerprint density at radius 3 is 2.37 bits per heavy atom. The molecule has 0 spiro atoms. The van der Waals surface area contributed by atoms with Gasteiger partial charge in [0.1, 0.15) is 0 Å². The SMILES string of the molecule is COc1ccc(C(O)C#C[Se]c2ccccc2)cc1. The van der Waals surface area contributed by atoms with Crippen molar-refractivity contribution in [2.75, 3.05) is 7.11 Å². The van der Waals surface area contributed by atoms with Gasteiger partial charge in [-0.2, -0.15) is 0 Å². The minimum absolute atomic E-state index is 0.0781. The first-order chi connectivity index (χ1) is 9.29. The predicted octanol–water partition coefficient (Wildman–Crippen LogP) is 1.72. The molecular formula is C16H14O2Se. The first-order valence-corrected chi connectivity index (χ1v) is 7.55. The molecule has 1 N–H and O–H groups in total. The molecule has 0 aromatic heterocycles. The van der Waals surface area contributed by atoms with Crippen molar-refractivity contribution in [2.24, 2.45) is 0 Å². The summed E-state index contributed by atoms with van der Waals surface area (Å²) in [5.74, 6) is 3.65. The van der Waals surface area contributed by atoms with Crippen LogP contribution in [0.15, 0.2) is 54.6 Å². The molecule has 2 nitrogen and oxygen atoms in total. The van der Waals surface area contributed by atoms with Gasteiger partial charge in [0.05, 0.1) is 0 Å². The van der Waals surface area contributed by atoms with E-state index in [1.165, 1.54) is 4.46 Å². The maximum absolute atomic E-state index is 9.96. The summed E-state index contributed by atoms with van der Waals surface area (Å²) >= 11 is 0.0781. The van der Waals surface area contributed by atoms with E-state index in [1.807, 2.05) is 42.5 Å². The normalized spacial score (nSPS) is 11.3. The van der Waals surface area contributed by atoms with Crippen LogP contribution in [-0.4, -0.2) is 27.2 Å². The molecule has 2 rings (SSSR count). The van der Waals surface area contributed by atoms with E-state index < -0.39 is 6.10 Å². The summed E-state index contributed by atoms with van der Waals surface area (Å²) in [7, 11) is 1.62. The van der Waals surface area contributed by atoms with Crippen molar-refractivity contribution in [3.63, 3.8) is 0 Å². The van der Waals surface area contributed by atoms with Crippen molar-refractivity contribution >= 4 is 19.4 Å². The van der Waals surface area contributed by atoms with Crippen molar-refractivity contribution < 1.29 is 9.84 Å². The topological polar surface area (TPSA) is 29.5 Å². The number of benzene rings is 2. The van der Waals surface area contributed by atoms with Crippen molar-refractivity contribution in [3.8, 4) is 16.5 Å². The molecule has 0 amide bonds. The van der Waals surface area contributed by atoms with Gasteiger partial charge < -0.3 is 0 Å². The molecule has 0 aliphatic heterocycles. The van der Waals surface area contributed by atoms with E-state index in [0.717, 1.165) is 11.3 Å². The van der Waals surface area contributed by atoms with E-state index in [4.69, 9.17) is 4.74 Å². The van der Waals surface area contributed by atoms with Gasteiger partial charge in [0, 0.05) is 0 Å². The van der Waals surface area contributed by atoms with Gasteiger partial charge >= 0.3 is 119 Å². The molecule has 1 atom stereocenters. The van der Waals surface area contributed by atoms with Gasteiger partial charge in [0.2, 0.25) is 0 Å². The van der Waals surface area contributed by atoms with Crippen LogP contribution in [0.4, 0.5) is 0 Å². The third kappa shape index (κ3) is 4.15. The van der Waals surface area contributed by atoms with Crippen molar-refractivity contribution in [1.29, 1.82) is 0 Å². The molecule has 2 aromatic rings. The average molecular weight is 317 g/mol. The number of aliphatic hydroxyl groups excluding tert-OH is 1. The van der Waals surface area contributed by atoms with Gasteiger partial charge in [-0.05, 0) is 0 Å². The summed E-state index contributed by atoms with van der Waals surface area (Å²) in [6, 6.07) is 17.4. The Morgan fingerprint density at radius 1 is 1.05 bits per heavy atom. The fourth-order valence-corrected chi connectivity index (χ4v) is 2.72. The summed E-state index contributed by atoms with van der Waals surface area (Å²) in [6.45, 7) is 0. The maximum atomic E-state index is 9.96. The second-order valence-corrected chi connectivity index (χ2v) is 5.68. The first kappa shape index (κ1) is 13.7. The number of methoxy groups -OCH3 is 1. The van der Waals surface area contributed by atoms with Crippen LogP contribution in [0.1, 0.15) is 11.7 Å². The van der Waals surface area contributed by atoms with Gasteiger partial charge in [-0.1, -0.05) is 0 Å². The summed E-state index contributed by atoms with van der Waals surface area (Å²) in [5, 5.41) is 9.96. The Kier molecular flexibility index (Phi) is 5.06. The molecule has 0 saturated heterocycles. The molecule has 0 bridgehead atoms. The van der Waals surface area contributed by atoms with Crippen LogP contribution in [0.5, 0.6) is 5.75 Å². The quantitative estimate of drug-likeness (QED) is 0.690. The predicted molar refractivity (Wildman–Crippen MR) is 77.6 cm³/mol. The van der Waals surface area contributed by atoms with E-state index in [2.05, 4.69) is 22.9 Å². The Morgan fingerprint density at radius 2 is 1.74 bits per heavy atom. The van der Waals surface area contributed by atoms with Crippen molar-refractivity contribution in [2.45, 2.75) is 6.10 Å². The van der Waals surface area contributed by atoms with E-state index in [0.29, 0.717) is 0 Å². The molecule has 0 aliphatic rings. The Balaban J connectivity index is 1.99. The second-order valence-electron chi connectivity index (χ2n) is 3.84. The van der Waals surface area contributed by atoms with E-state index in [-0.39, 0.29) is 15.0 Å². The molecular weight excluding hydrogens is 303 g/mol. The summed E-state index contributed by atoms with van der Waals surface area (Å²) in [6.07, 6.45) is -0.739. The zero-order chi connectivity index (χ0) is 13.5. The minimum atomic E-state index is -0.739. The number of hydrogen-bond acceptors (Lipinski definition) is 2. The van der Waals surface area contributed by atoms with Crippen LogP contribution in [0.3, 0.4) is 0 Å². The number of ether oxygens (including phenoxy) is 1. The van der Waals surface area contributed by atoms with E-state index in [9.17, 15) is 5.11 Å². The van der Waals surface area contributed by atoms with E-state index in [1.54, 1.807) is 7.11 Å². The molecule has 19 heavy (non-hydrogen) atoms. The van der Waals surface area contributed by atoms with Crippen LogP contribution < -0.4 is 9.20 Å². The number of aliphatic hydroxyl groups is 1. The van der Waals surface area contributed by atoms with Crippen LogP contribution >= 0.6 is 0 Å². The van der Waals surface area contributed by atoms with Crippen molar-refractivity contribution in [1.82, 2.24) is 0 Å². The van der Waals surface area contributed by atoms with Crippen LogP contribution in [-0.2, 0) is 0 Å². The van der Waals surface area contributed by atoms with Crippen LogP contribution in [0, 0.1) is 10.7 Å². The van der Waals surface area contributed by atoms with Crippen molar-refractivity contribution in [3.05, 3.63) is 60.2 Å². The third-order valence-corrected chi connectivity index (χ3v) is 4.07. The van der Waals surface area contributed by atoms with Gasteiger partial charge in [-0.25, -0.2) is 0 Å². The molecule has 0 fully saturated rings. The van der Waals surface area contributed by atoms with Gasteiger partial charge in [0.25, 0.3) is 0 Å². The zero-order valence-corrected chi connectivity index (χ0v) is 12.3. The number of hydrogen-bond donors (Lipinski definition) is 1. The Bertz CT molecular complexity index is 567. The number of rotatable bonds is 3. The Hall–Kier alpha value is -1.72. The molecule has 96 valence electrons. The molecule has 0 saturated carbocycles. The molecule has 3 heteroatoms. The molecule has 2 aromatic carbocycles. The monoisotopic (exact) mass is 318 g/mol. The molecule has 0 radical (unpaired) electrons. The Labute approximate surface area is 119 Å². The summed E-state index contributed by atoms with van der Waals surface area (Å²) in [4.78, 5) is 3.06. The van der Waals surface area contributed by atoms with Gasteiger partial charge in [-0.3, -0.25) is 0 Å². The molecule has 1 unspecified atom stereocenters. The fourth-order valence-electron chi connectivity index (χ4n) is 1.50.